The SMILES string of the molecule is C=c1cccc2c1=C(N)C=C[CH+]2. The van der Waals surface area contributed by atoms with Gasteiger partial charge in [0.05, 0.1) is 5.22 Å². The molecule has 1 aliphatic rings. The van der Waals surface area contributed by atoms with Crippen molar-refractivity contribution in [3.05, 3.63) is 52.8 Å². The summed E-state index contributed by atoms with van der Waals surface area (Å²) in [5.41, 5.74) is 7.78. The molecule has 1 nitrogen and oxygen atoms in total. The van der Waals surface area contributed by atoms with E-state index < -0.39 is 0 Å². The van der Waals surface area contributed by atoms with E-state index in [9.17, 15) is 0 Å². The van der Waals surface area contributed by atoms with Gasteiger partial charge in [0.1, 0.15) is 11.3 Å². The Morgan fingerprint density at radius 2 is 2.17 bits per heavy atom. The summed E-state index contributed by atoms with van der Waals surface area (Å²) in [7, 11) is 0. The lowest BCUT2D eigenvalue weighted by atomic mass is 10.0. The third kappa shape index (κ3) is 0.909. The Bertz CT molecular complexity index is 441. The topological polar surface area (TPSA) is 26.0 Å². The maximum atomic E-state index is 5.82. The molecule has 1 aliphatic carbocycles. The normalized spacial score (nSPS) is 13.8. The number of nitrogens with two attached hydrogens (primary N) is 1. The molecule has 0 amide bonds. The predicted octanol–water partition coefficient (Wildman–Crippen LogP) is 0.286. The third-order valence-electron chi connectivity index (χ3n) is 2.02. The fraction of sp³-hybridized carbons (Fsp3) is 0. The average molecular weight is 156 g/mol. The molecular weight excluding hydrogens is 146 g/mol. The summed E-state index contributed by atoms with van der Waals surface area (Å²) in [6.45, 7) is 3.93. The molecule has 0 heterocycles. The summed E-state index contributed by atoms with van der Waals surface area (Å²) >= 11 is 0. The summed E-state index contributed by atoms with van der Waals surface area (Å²) in [6, 6.07) is 6.00. The molecule has 12 heavy (non-hydrogen) atoms. The van der Waals surface area contributed by atoms with Crippen molar-refractivity contribution in [3.63, 3.8) is 0 Å². The number of fused-ring (bicyclic) bond motifs is 1. The molecule has 0 unspecified atom stereocenters. The van der Waals surface area contributed by atoms with E-state index in [1.807, 2.05) is 36.8 Å². The molecule has 0 saturated heterocycles. The first-order chi connectivity index (χ1) is 5.79. The molecule has 0 aromatic heterocycles. The van der Waals surface area contributed by atoms with Crippen LogP contribution in [0.4, 0.5) is 0 Å². The van der Waals surface area contributed by atoms with E-state index in [0.717, 1.165) is 21.7 Å². The van der Waals surface area contributed by atoms with Crippen LogP contribution in [0.1, 0.15) is 5.56 Å². The van der Waals surface area contributed by atoms with Gasteiger partial charge >= 0.3 is 0 Å². The van der Waals surface area contributed by atoms with Crippen LogP contribution in [-0.2, 0) is 0 Å². The fourth-order valence-electron chi connectivity index (χ4n) is 1.45. The Kier molecular flexibility index (Phi) is 1.44. The van der Waals surface area contributed by atoms with Gasteiger partial charge in [-0.05, 0) is 12.1 Å². The highest BCUT2D eigenvalue weighted by Crippen LogP contribution is 2.02. The molecule has 0 aliphatic heterocycles. The number of benzene rings is 1. The van der Waals surface area contributed by atoms with Crippen LogP contribution >= 0.6 is 0 Å². The minimum Gasteiger partial charge on any atom is -0.382 e. The Hall–Kier alpha value is -1.63. The van der Waals surface area contributed by atoms with Crippen molar-refractivity contribution >= 4 is 12.3 Å². The molecule has 1 aromatic carbocycles. The van der Waals surface area contributed by atoms with Gasteiger partial charge < -0.3 is 5.73 Å². The lowest BCUT2D eigenvalue weighted by Crippen LogP contribution is -2.32. The van der Waals surface area contributed by atoms with Crippen LogP contribution in [0.25, 0.3) is 12.3 Å². The molecule has 0 radical (unpaired) electrons. The minimum atomic E-state index is 0.804. The van der Waals surface area contributed by atoms with E-state index in [-0.39, 0.29) is 0 Å². The Labute approximate surface area is 71.5 Å². The van der Waals surface area contributed by atoms with E-state index in [1.54, 1.807) is 0 Å². The Balaban J connectivity index is 2.96. The number of allylic oxidation sites excluding steroid dienone is 1. The summed E-state index contributed by atoms with van der Waals surface area (Å²) in [4.78, 5) is 0. The number of hydrogen-bond donors (Lipinski definition) is 1. The highest BCUT2D eigenvalue weighted by atomic mass is 14.6. The van der Waals surface area contributed by atoms with E-state index >= 15 is 0 Å². The van der Waals surface area contributed by atoms with Crippen molar-refractivity contribution in [1.82, 2.24) is 0 Å². The lowest BCUT2D eigenvalue weighted by Gasteiger charge is -1.98. The average Bonchev–Trinajstić information content (AvgIpc) is 2.04. The van der Waals surface area contributed by atoms with Crippen LogP contribution < -0.4 is 16.2 Å². The number of hydrogen-bond acceptors (Lipinski definition) is 1. The molecule has 0 fully saturated rings. The molecule has 1 aromatic rings. The van der Waals surface area contributed by atoms with Gasteiger partial charge in [0.2, 0.25) is 0 Å². The van der Waals surface area contributed by atoms with Gasteiger partial charge in [0, 0.05) is 29.9 Å². The van der Waals surface area contributed by atoms with Crippen molar-refractivity contribution in [1.29, 1.82) is 0 Å². The molecule has 2 rings (SSSR count). The number of rotatable bonds is 0. The van der Waals surface area contributed by atoms with Crippen molar-refractivity contribution in [3.8, 4) is 0 Å². The smallest absolute Gasteiger partial charge is 0.126 e. The third-order valence-corrected chi connectivity index (χ3v) is 2.02. The molecule has 2 N–H and O–H groups in total. The van der Waals surface area contributed by atoms with Gasteiger partial charge in [-0.2, -0.15) is 0 Å². The standard InChI is InChI=1S/C11H10N/c1-8-4-2-5-9-6-3-7-10(12)11(8)9/h2-7H,1,12H2/q+1. The van der Waals surface area contributed by atoms with Gasteiger partial charge in [-0.1, -0.05) is 6.58 Å². The molecular formula is C11H10N+. The maximum Gasteiger partial charge on any atom is 0.126 e. The van der Waals surface area contributed by atoms with Crippen molar-refractivity contribution in [2.75, 3.05) is 0 Å². The van der Waals surface area contributed by atoms with Crippen LogP contribution in [0.5, 0.6) is 0 Å². The highest BCUT2D eigenvalue weighted by molar-refractivity contribution is 5.60. The van der Waals surface area contributed by atoms with Crippen LogP contribution in [0.15, 0.2) is 30.4 Å². The van der Waals surface area contributed by atoms with Crippen LogP contribution in [0.2, 0.25) is 0 Å². The predicted molar refractivity (Wildman–Crippen MR) is 51.4 cm³/mol. The van der Waals surface area contributed by atoms with Crippen LogP contribution in [-0.4, -0.2) is 0 Å². The van der Waals surface area contributed by atoms with Crippen molar-refractivity contribution < 1.29 is 0 Å². The second-order valence-electron chi connectivity index (χ2n) is 2.86. The summed E-state index contributed by atoms with van der Waals surface area (Å²) in [5, 5.41) is 2.06. The second kappa shape index (κ2) is 2.45. The zero-order chi connectivity index (χ0) is 8.55. The van der Waals surface area contributed by atoms with Crippen LogP contribution in [0, 0.1) is 6.42 Å². The summed E-state index contributed by atoms with van der Waals surface area (Å²) in [6.07, 6.45) is 5.90. The van der Waals surface area contributed by atoms with E-state index in [0.29, 0.717) is 0 Å². The molecule has 0 saturated carbocycles. The largest absolute Gasteiger partial charge is 0.382 e. The van der Waals surface area contributed by atoms with Gasteiger partial charge in [0.15, 0.2) is 0 Å². The quantitative estimate of drug-likeness (QED) is 0.537. The molecule has 0 spiro atoms. The Morgan fingerprint density at radius 3 is 2.92 bits per heavy atom. The second-order valence-corrected chi connectivity index (χ2v) is 2.86. The van der Waals surface area contributed by atoms with Crippen molar-refractivity contribution in [2.45, 2.75) is 0 Å². The van der Waals surface area contributed by atoms with E-state index in [4.69, 9.17) is 5.73 Å². The first-order valence-electron chi connectivity index (χ1n) is 3.88. The lowest BCUT2D eigenvalue weighted by molar-refractivity contribution is 1.34. The fourth-order valence-corrected chi connectivity index (χ4v) is 1.45. The molecule has 0 atom stereocenters. The highest BCUT2D eigenvalue weighted by Gasteiger charge is 2.09. The zero-order valence-corrected chi connectivity index (χ0v) is 6.75. The summed E-state index contributed by atoms with van der Waals surface area (Å²) in [5.74, 6) is 0. The summed E-state index contributed by atoms with van der Waals surface area (Å²) < 4.78 is 0. The van der Waals surface area contributed by atoms with Gasteiger partial charge in [-0.25, -0.2) is 0 Å². The Morgan fingerprint density at radius 1 is 1.33 bits per heavy atom. The van der Waals surface area contributed by atoms with E-state index in [1.165, 1.54) is 0 Å². The van der Waals surface area contributed by atoms with Gasteiger partial charge in [-0.3, -0.25) is 0 Å². The van der Waals surface area contributed by atoms with Gasteiger partial charge in [-0.15, -0.1) is 0 Å². The first kappa shape index (κ1) is 7.04. The monoisotopic (exact) mass is 156 g/mol. The zero-order valence-electron chi connectivity index (χ0n) is 6.75. The minimum absolute atomic E-state index is 0.804. The molecule has 58 valence electrons. The van der Waals surface area contributed by atoms with Crippen LogP contribution in [0.3, 0.4) is 0 Å². The maximum absolute atomic E-state index is 5.82. The van der Waals surface area contributed by atoms with Gasteiger partial charge in [0.25, 0.3) is 0 Å². The molecule has 0 bridgehead atoms. The van der Waals surface area contributed by atoms with E-state index in [2.05, 4.69) is 6.58 Å². The van der Waals surface area contributed by atoms with Crippen molar-refractivity contribution in [2.24, 2.45) is 5.73 Å². The first-order valence-corrected chi connectivity index (χ1v) is 3.88. The molecule has 1 heteroatoms.